The second kappa shape index (κ2) is 7.06. The molecular weight excluding hydrogens is 270 g/mol. The standard InChI is InChI=1S/C15H23N3O3/c19-15(17-10-13-11-20-8-9-21-13)14-2-1-7-18(14)12-3-5-16-6-4-12/h1-2,7,12-13,16H,3-6,8-11H2,(H,17,19). The Morgan fingerprint density at radius 2 is 2.24 bits per heavy atom. The first-order chi connectivity index (χ1) is 10.3. The van der Waals surface area contributed by atoms with Gasteiger partial charge in [-0.2, -0.15) is 0 Å². The molecule has 1 aromatic heterocycles. The Bertz CT molecular complexity index is 462. The summed E-state index contributed by atoms with van der Waals surface area (Å²) in [4.78, 5) is 12.4. The molecule has 3 heterocycles. The molecule has 1 unspecified atom stereocenters. The molecule has 0 spiro atoms. The van der Waals surface area contributed by atoms with E-state index in [9.17, 15) is 4.79 Å². The van der Waals surface area contributed by atoms with E-state index < -0.39 is 0 Å². The van der Waals surface area contributed by atoms with E-state index in [0.29, 0.717) is 32.4 Å². The van der Waals surface area contributed by atoms with Crippen molar-refractivity contribution >= 4 is 5.91 Å². The Balaban J connectivity index is 1.58. The molecular formula is C15H23N3O3. The van der Waals surface area contributed by atoms with Crippen molar-refractivity contribution in [2.75, 3.05) is 39.5 Å². The van der Waals surface area contributed by atoms with Crippen LogP contribution in [0.3, 0.4) is 0 Å². The zero-order chi connectivity index (χ0) is 14.5. The summed E-state index contributed by atoms with van der Waals surface area (Å²) in [5, 5.41) is 6.30. The Morgan fingerprint density at radius 1 is 1.38 bits per heavy atom. The van der Waals surface area contributed by atoms with Gasteiger partial charge < -0.3 is 24.7 Å². The second-order valence-corrected chi connectivity index (χ2v) is 5.56. The molecule has 2 aliphatic heterocycles. The zero-order valence-corrected chi connectivity index (χ0v) is 12.2. The predicted molar refractivity (Wildman–Crippen MR) is 78.5 cm³/mol. The number of rotatable bonds is 4. The van der Waals surface area contributed by atoms with Gasteiger partial charge in [0.1, 0.15) is 5.69 Å². The van der Waals surface area contributed by atoms with Gasteiger partial charge in [0.15, 0.2) is 0 Å². The van der Waals surface area contributed by atoms with E-state index in [1.807, 2.05) is 18.3 Å². The molecule has 2 fully saturated rings. The maximum Gasteiger partial charge on any atom is 0.268 e. The first-order valence-electron chi connectivity index (χ1n) is 7.69. The zero-order valence-electron chi connectivity index (χ0n) is 12.2. The van der Waals surface area contributed by atoms with Crippen LogP contribution in [0.2, 0.25) is 0 Å². The molecule has 0 bridgehead atoms. The van der Waals surface area contributed by atoms with Crippen molar-refractivity contribution in [2.24, 2.45) is 0 Å². The molecule has 6 heteroatoms. The molecule has 0 radical (unpaired) electrons. The number of carbonyl (C=O) groups excluding carboxylic acids is 1. The SMILES string of the molecule is O=C(NCC1COCCO1)c1cccn1C1CCNCC1. The van der Waals surface area contributed by atoms with E-state index >= 15 is 0 Å². The number of aromatic nitrogens is 1. The third-order valence-corrected chi connectivity index (χ3v) is 4.09. The van der Waals surface area contributed by atoms with Crippen LogP contribution < -0.4 is 10.6 Å². The van der Waals surface area contributed by atoms with Gasteiger partial charge in [0.2, 0.25) is 0 Å². The lowest BCUT2D eigenvalue weighted by atomic mass is 10.1. The lowest BCUT2D eigenvalue weighted by molar-refractivity contribution is -0.0855. The molecule has 1 atom stereocenters. The van der Waals surface area contributed by atoms with Crippen molar-refractivity contribution < 1.29 is 14.3 Å². The van der Waals surface area contributed by atoms with Crippen LogP contribution in [0.1, 0.15) is 29.4 Å². The van der Waals surface area contributed by atoms with Gasteiger partial charge >= 0.3 is 0 Å². The van der Waals surface area contributed by atoms with E-state index in [1.54, 1.807) is 0 Å². The highest BCUT2D eigenvalue weighted by molar-refractivity contribution is 5.92. The van der Waals surface area contributed by atoms with Crippen molar-refractivity contribution in [3.05, 3.63) is 24.0 Å². The van der Waals surface area contributed by atoms with Crippen LogP contribution in [0.4, 0.5) is 0 Å². The molecule has 1 amide bonds. The fourth-order valence-electron chi connectivity index (χ4n) is 2.94. The number of piperidine rings is 1. The van der Waals surface area contributed by atoms with Gasteiger partial charge in [0.05, 0.1) is 25.9 Å². The summed E-state index contributed by atoms with van der Waals surface area (Å²) in [6, 6.07) is 4.24. The van der Waals surface area contributed by atoms with Crippen LogP contribution in [0, 0.1) is 0 Å². The first-order valence-corrected chi connectivity index (χ1v) is 7.69. The number of nitrogens with zero attached hydrogens (tertiary/aromatic N) is 1. The van der Waals surface area contributed by atoms with Crippen LogP contribution in [-0.2, 0) is 9.47 Å². The van der Waals surface area contributed by atoms with Gasteiger partial charge in [-0.25, -0.2) is 0 Å². The van der Waals surface area contributed by atoms with E-state index in [2.05, 4.69) is 15.2 Å². The van der Waals surface area contributed by atoms with Gasteiger partial charge in [-0.05, 0) is 38.1 Å². The van der Waals surface area contributed by atoms with Crippen molar-refractivity contribution in [3.8, 4) is 0 Å². The number of nitrogens with one attached hydrogen (secondary N) is 2. The Morgan fingerprint density at radius 3 is 3.00 bits per heavy atom. The quantitative estimate of drug-likeness (QED) is 0.851. The number of carbonyl (C=O) groups is 1. The normalized spacial score (nSPS) is 23.9. The highest BCUT2D eigenvalue weighted by Crippen LogP contribution is 2.21. The number of ether oxygens (including phenoxy) is 2. The van der Waals surface area contributed by atoms with Crippen LogP contribution in [0.5, 0.6) is 0 Å². The Kier molecular flexibility index (Phi) is 4.90. The molecule has 6 nitrogen and oxygen atoms in total. The summed E-state index contributed by atoms with van der Waals surface area (Å²) in [5.41, 5.74) is 0.735. The van der Waals surface area contributed by atoms with Crippen LogP contribution in [-0.4, -0.2) is 56.0 Å². The fraction of sp³-hybridized carbons (Fsp3) is 0.667. The van der Waals surface area contributed by atoms with Gasteiger partial charge in [-0.3, -0.25) is 4.79 Å². The van der Waals surface area contributed by atoms with Crippen molar-refractivity contribution in [2.45, 2.75) is 25.0 Å². The predicted octanol–water partition coefficient (Wildman–Crippen LogP) is 0.558. The molecule has 2 saturated heterocycles. The van der Waals surface area contributed by atoms with Crippen LogP contribution in [0.25, 0.3) is 0 Å². The minimum absolute atomic E-state index is 0.0345. The van der Waals surface area contributed by atoms with Crippen molar-refractivity contribution in [1.29, 1.82) is 0 Å². The molecule has 0 aliphatic carbocycles. The van der Waals surface area contributed by atoms with Crippen molar-refractivity contribution in [1.82, 2.24) is 15.2 Å². The molecule has 1 aromatic rings. The second-order valence-electron chi connectivity index (χ2n) is 5.56. The largest absolute Gasteiger partial charge is 0.376 e. The highest BCUT2D eigenvalue weighted by Gasteiger charge is 2.21. The monoisotopic (exact) mass is 293 g/mol. The minimum atomic E-state index is -0.0370. The Hall–Kier alpha value is -1.37. The van der Waals surface area contributed by atoms with E-state index in [4.69, 9.17) is 9.47 Å². The van der Waals surface area contributed by atoms with Crippen molar-refractivity contribution in [3.63, 3.8) is 0 Å². The van der Waals surface area contributed by atoms with Crippen LogP contribution in [0.15, 0.2) is 18.3 Å². The molecule has 2 N–H and O–H groups in total. The molecule has 2 aliphatic rings. The summed E-state index contributed by atoms with van der Waals surface area (Å²) in [6.07, 6.45) is 4.10. The minimum Gasteiger partial charge on any atom is -0.376 e. The number of amides is 1. The first kappa shape index (κ1) is 14.6. The van der Waals surface area contributed by atoms with Crippen LogP contribution >= 0.6 is 0 Å². The third-order valence-electron chi connectivity index (χ3n) is 4.09. The fourth-order valence-corrected chi connectivity index (χ4v) is 2.94. The lowest BCUT2D eigenvalue weighted by Gasteiger charge is -2.26. The lowest BCUT2D eigenvalue weighted by Crippen LogP contribution is -2.40. The Labute approximate surface area is 124 Å². The summed E-state index contributed by atoms with van der Waals surface area (Å²) in [5.74, 6) is -0.0345. The van der Waals surface area contributed by atoms with Gasteiger partial charge in [0.25, 0.3) is 5.91 Å². The molecule has 0 saturated carbocycles. The van der Waals surface area contributed by atoms with Gasteiger partial charge in [0, 0.05) is 18.8 Å². The summed E-state index contributed by atoms with van der Waals surface area (Å²) >= 11 is 0. The molecule has 0 aromatic carbocycles. The summed E-state index contributed by atoms with van der Waals surface area (Å²) in [7, 11) is 0. The van der Waals surface area contributed by atoms with E-state index in [0.717, 1.165) is 31.6 Å². The molecule has 3 rings (SSSR count). The molecule has 116 valence electrons. The average molecular weight is 293 g/mol. The smallest absolute Gasteiger partial charge is 0.268 e. The maximum absolute atomic E-state index is 12.4. The third kappa shape index (κ3) is 3.64. The average Bonchev–Trinajstić information content (AvgIpc) is 3.04. The molecule has 21 heavy (non-hydrogen) atoms. The summed E-state index contributed by atoms with van der Waals surface area (Å²) < 4.78 is 13.0. The number of hydrogen-bond donors (Lipinski definition) is 2. The van der Waals surface area contributed by atoms with Gasteiger partial charge in [-0.1, -0.05) is 0 Å². The van der Waals surface area contributed by atoms with E-state index in [1.165, 1.54) is 0 Å². The topological polar surface area (TPSA) is 64.5 Å². The van der Waals surface area contributed by atoms with E-state index in [-0.39, 0.29) is 12.0 Å². The van der Waals surface area contributed by atoms with Gasteiger partial charge in [-0.15, -0.1) is 0 Å². The summed E-state index contributed by atoms with van der Waals surface area (Å²) in [6.45, 7) is 4.31. The number of hydrogen-bond acceptors (Lipinski definition) is 4. The highest BCUT2D eigenvalue weighted by atomic mass is 16.6. The maximum atomic E-state index is 12.4.